The molecule has 9 heteroatoms. The number of aryl methyl sites for hydroxylation is 1. The van der Waals surface area contributed by atoms with E-state index in [1.807, 2.05) is 30.6 Å². The van der Waals surface area contributed by atoms with Crippen molar-refractivity contribution >= 4 is 23.9 Å². The maximum atomic E-state index is 12.4. The van der Waals surface area contributed by atoms with Gasteiger partial charge in [0.15, 0.2) is 6.61 Å². The van der Waals surface area contributed by atoms with Gasteiger partial charge in [0.25, 0.3) is 5.91 Å². The Morgan fingerprint density at radius 3 is 2.50 bits per heavy atom. The lowest BCUT2D eigenvalue weighted by Gasteiger charge is -2.30. The third kappa shape index (κ3) is 6.44. The van der Waals surface area contributed by atoms with E-state index in [4.69, 9.17) is 14.2 Å². The Morgan fingerprint density at radius 2 is 1.91 bits per heavy atom. The number of piperidine rings is 1. The van der Waals surface area contributed by atoms with Crippen LogP contribution in [0.5, 0.6) is 0 Å². The maximum Gasteiger partial charge on any atom is 0.349 e. The van der Waals surface area contributed by atoms with Crippen molar-refractivity contribution in [1.29, 1.82) is 5.26 Å². The smallest absolute Gasteiger partial charge is 0.349 e. The molecule has 1 aliphatic heterocycles. The number of aromatic nitrogens is 1. The molecule has 0 N–H and O–H groups in total. The lowest BCUT2D eigenvalue weighted by molar-refractivity contribution is -0.153. The van der Waals surface area contributed by atoms with Gasteiger partial charge >= 0.3 is 11.9 Å². The number of methoxy groups -OCH3 is 1. The van der Waals surface area contributed by atoms with Gasteiger partial charge in [0.2, 0.25) is 0 Å². The van der Waals surface area contributed by atoms with E-state index >= 15 is 0 Å². The van der Waals surface area contributed by atoms with Gasteiger partial charge in [-0.05, 0) is 51.3 Å². The molecule has 0 radical (unpaired) electrons. The summed E-state index contributed by atoms with van der Waals surface area (Å²) in [5.74, 6) is -1.64. The molecule has 1 fully saturated rings. The minimum absolute atomic E-state index is 0.175. The molecule has 1 saturated heterocycles. The number of carbonyl (C=O) groups excluding carboxylic acids is 3. The van der Waals surface area contributed by atoms with Crippen LogP contribution >= 0.6 is 0 Å². The van der Waals surface area contributed by atoms with Crippen LogP contribution in [0.4, 0.5) is 0 Å². The summed E-state index contributed by atoms with van der Waals surface area (Å²) in [6.07, 6.45) is 2.50. The predicted octanol–water partition coefficient (Wildman–Crippen LogP) is 2.00. The summed E-state index contributed by atoms with van der Waals surface area (Å²) in [6, 6.07) is 3.74. The van der Waals surface area contributed by atoms with Gasteiger partial charge in [0.1, 0.15) is 11.6 Å². The molecule has 1 aromatic heterocycles. The van der Waals surface area contributed by atoms with Crippen molar-refractivity contribution in [3.63, 3.8) is 0 Å². The van der Waals surface area contributed by atoms with Gasteiger partial charge in [0, 0.05) is 38.1 Å². The van der Waals surface area contributed by atoms with Crippen molar-refractivity contribution in [2.45, 2.75) is 40.2 Å². The first kappa shape index (κ1) is 25.1. The number of hydrogen-bond acceptors (Lipinski definition) is 7. The van der Waals surface area contributed by atoms with Gasteiger partial charge in [-0.15, -0.1) is 0 Å². The zero-order valence-corrected chi connectivity index (χ0v) is 19.2. The largest absolute Gasteiger partial charge is 0.466 e. The summed E-state index contributed by atoms with van der Waals surface area (Å²) < 4.78 is 17.3. The second kappa shape index (κ2) is 12.1. The topological polar surface area (TPSA) is 111 Å². The van der Waals surface area contributed by atoms with Crippen LogP contribution in [0.15, 0.2) is 11.6 Å². The summed E-state index contributed by atoms with van der Waals surface area (Å²) in [4.78, 5) is 38.1. The molecule has 0 bridgehead atoms. The number of rotatable bonds is 9. The molecule has 0 aromatic carbocycles. The van der Waals surface area contributed by atoms with Crippen LogP contribution in [0.1, 0.15) is 36.7 Å². The van der Waals surface area contributed by atoms with Crippen LogP contribution in [-0.4, -0.2) is 67.3 Å². The Hall–Kier alpha value is -3.12. The first-order valence-corrected chi connectivity index (χ1v) is 10.7. The molecule has 1 amide bonds. The van der Waals surface area contributed by atoms with Crippen LogP contribution in [0.3, 0.4) is 0 Å². The Morgan fingerprint density at radius 1 is 1.22 bits per heavy atom. The fourth-order valence-corrected chi connectivity index (χ4v) is 3.71. The molecular formula is C23H31N3O6. The first-order valence-electron chi connectivity index (χ1n) is 10.7. The van der Waals surface area contributed by atoms with Gasteiger partial charge in [0.05, 0.1) is 19.1 Å². The number of nitrogens with zero attached hydrogens (tertiary/aromatic N) is 3. The molecule has 0 aliphatic carbocycles. The highest BCUT2D eigenvalue weighted by atomic mass is 16.5. The number of ether oxygens (including phenoxy) is 3. The molecule has 0 saturated carbocycles. The van der Waals surface area contributed by atoms with Crippen molar-refractivity contribution < 1.29 is 28.6 Å². The molecule has 0 atom stereocenters. The standard InChI is InChI=1S/C23H31N3O6/c1-5-31-22(28)18-6-8-25(9-7-18)21(27)15-32-23(29)20(14-24)13-19-12-16(2)26(17(19)3)10-11-30-4/h12-13,18H,5-11,15H2,1-4H3/b20-13+. The van der Waals surface area contributed by atoms with Gasteiger partial charge in [-0.1, -0.05) is 0 Å². The Kier molecular flexibility index (Phi) is 9.47. The SMILES string of the molecule is CCOC(=O)C1CCN(C(=O)COC(=O)/C(C#N)=C/c2cc(C)n(CCOC)c2C)CC1. The highest BCUT2D eigenvalue weighted by Gasteiger charge is 2.28. The second-order valence-corrected chi connectivity index (χ2v) is 7.62. The third-order valence-corrected chi connectivity index (χ3v) is 5.57. The molecule has 2 heterocycles. The monoisotopic (exact) mass is 445 g/mol. The third-order valence-electron chi connectivity index (χ3n) is 5.57. The van der Waals surface area contributed by atoms with E-state index in [2.05, 4.69) is 0 Å². The second-order valence-electron chi connectivity index (χ2n) is 7.62. The fraction of sp³-hybridized carbons (Fsp3) is 0.565. The van der Waals surface area contributed by atoms with Gasteiger partial charge in [-0.2, -0.15) is 5.26 Å². The molecule has 2 rings (SSSR count). The minimum Gasteiger partial charge on any atom is -0.466 e. The first-order chi connectivity index (χ1) is 15.3. The van der Waals surface area contributed by atoms with Crippen LogP contribution in [0, 0.1) is 31.1 Å². The normalized spacial score (nSPS) is 14.7. The summed E-state index contributed by atoms with van der Waals surface area (Å²) in [6.45, 7) is 7.49. The molecule has 174 valence electrons. The molecule has 0 unspecified atom stereocenters. The van der Waals surface area contributed by atoms with Gasteiger partial charge in [-0.3, -0.25) is 9.59 Å². The Labute approximate surface area is 188 Å². The number of amides is 1. The van der Waals surface area contributed by atoms with E-state index in [1.165, 1.54) is 6.08 Å². The van der Waals surface area contributed by atoms with E-state index < -0.39 is 12.6 Å². The zero-order chi connectivity index (χ0) is 23.7. The molecule has 0 spiro atoms. The average Bonchev–Trinajstić information content (AvgIpc) is 3.06. The van der Waals surface area contributed by atoms with Crippen molar-refractivity contribution in [3.8, 4) is 6.07 Å². The van der Waals surface area contributed by atoms with E-state index in [9.17, 15) is 19.6 Å². The highest BCUT2D eigenvalue weighted by molar-refractivity contribution is 5.99. The van der Waals surface area contributed by atoms with E-state index in [0.717, 1.165) is 17.0 Å². The maximum absolute atomic E-state index is 12.4. The van der Waals surface area contributed by atoms with Crippen molar-refractivity contribution in [2.75, 3.05) is 40.0 Å². The molecule has 32 heavy (non-hydrogen) atoms. The zero-order valence-electron chi connectivity index (χ0n) is 19.2. The number of nitriles is 1. The number of esters is 2. The summed E-state index contributed by atoms with van der Waals surface area (Å²) >= 11 is 0. The van der Waals surface area contributed by atoms with Crippen LogP contribution in [0.25, 0.3) is 6.08 Å². The lowest BCUT2D eigenvalue weighted by Crippen LogP contribution is -2.42. The molecular weight excluding hydrogens is 414 g/mol. The van der Waals surface area contributed by atoms with Gasteiger partial charge in [-0.25, -0.2) is 4.79 Å². The van der Waals surface area contributed by atoms with Crippen LogP contribution in [-0.2, 0) is 35.1 Å². The quantitative estimate of drug-likeness (QED) is 0.325. The van der Waals surface area contributed by atoms with E-state index in [-0.39, 0.29) is 23.4 Å². The minimum atomic E-state index is -0.844. The van der Waals surface area contributed by atoms with Crippen LogP contribution < -0.4 is 0 Å². The van der Waals surface area contributed by atoms with Crippen LogP contribution in [0.2, 0.25) is 0 Å². The predicted molar refractivity (Wildman–Crippen MR) is 116 cm³/mol. The van der Waals surface area contributed by atoms with E-state index in [1.54, 1.807) is 18.9 Å². The average molecular weight is 446 g/mol. The Balaban J connectivity index is 1.93. The van der Waals surface area contributed by atoms with Crippen molar-refractivity contribution in [2.24, 2.45) is 5.92 Å². The number of hydrogen-bond donors (Lipinski definition) is 0. The van der Waals surface area contributed by atoms with E-state index in [0.29, 0.717) is 45.7 Å². The molecule has 9 nitrogen and oxygen atoms in total. The molecule has 1 aromatic rings. The fourth-order valence-electron chi connectivity index (χ4n) is 3.71. The van der Waals surface area contributed by atoms with Crippen molar-refractivity contribution in [3.05, 3.63) is 28.6 Å². The summed E-state index contributed by atoms with van der Waals surface area (Å²) in [5, 5.41) is 9.42. The lowest BCUT2D eigenvalue weighted by atomic mass is 9.97. The summed E-state index contributed by atoms with van der Waals surface area (Å²) in [7, 11) is 1.63. The highest BCUT2D eigenvalue weighted by Crippen LogP contribution is 2.20. The van der Waals surface area contributed by atoms with Crippen molar-refractivity contribution in [1.82, 2.24) is 9.47 Å². The summed E-state index contributed by atoms with van der Waals surface area (Å²) in [5.41, 5.74) is 2.45. The molecule has 1 aliphatic rings. The Bertz CT molecular complexity index is 904. The number of likely N-dealkylation sites (tertiary alicyclic amines) is 1. The van der Waals surface area contributed by atoms with Gasteiger partial charge < -0.3 is 23.7 Å². The number of carbonyl (C=O) groups is 3.